The van der Waals surface area contributed by atoms with Crippen molar-refractivity contribution in [3.8, 4) is 17.2 Å². The molecule has 0 N–H and O–H groups in total. The second kappa shape index (κ2) is 8.04. The van der Waals surface area contributed by atoms with Crippen molar-refractivity contribution < 1.29 is 19.0 Å². The van der Waals surface area contributed by atoms with Crippen molar-refractivity contribution in [1.82, 2.24) is 5.01 Å². The molecule has 0 unspecified atom stereocenters. The molecule has 2 aliphatic heterocycles. The maximum atomic E-state index is 13.4. The quantitative estimate of drug-likeness (QED) is 0.548. The van der Waals surface area contributed by atoms with Crippen molar-refractivity contribution in [1.29, 1.82) is 0 Å². The summed E-state index contributed by atoms with van der Waals surface area (Å²) in [5.74, 6) is 1.92. The molecule has 0 aromatic heterocycles. The van der Waals surface area contributed by atoms with E-state index in [0.29, 0.717) is 23.5 Å². The summed E-state index contributed by atoms with van der Waals surface area (Å²) in [6, 6.07) is 21.1. The van der Waals surface area contributed by atoms with Crippen LogP contribution in [-0.2, 0) is 0 Å². The first kappa shape index (κ1) is 20.1. The number of hydrazone groups is 1. The Morgan fingerprint density at radius 1 is 1.00 bits per heavy atom. The van der Waals surface area contributed by atoms with E-state index < -0.39 is 6.23 Å². The fourth-order valence-electron chi connectivity index (χ4n) is 4.26. The van der Waals surface area contributed by atoms with Gasteiger partial charge in [-0.3, -0.25) is 4.79 Å². The van der Waals surface area contributed by atoms with E-state index in [2.05, 4.69) is 0 Å². The summed E-state index contributed by atoms with van der Waals surface area (Å²) in [7, 11) is 3.22. The zero-order chi connectivity index (χ0) is 22.2. The number of hydrogen-bond donors (Lipinski definition) is 0. The van der Waals surface area contributed by atoms with Crippen molar-refractivity contribution >= 4 is 11.5 Å². The van der Waals surface area contributed by atoms with E-state index in [1.54, 1.807) is 19.2 Å². The highest BCUT2D eigenvalue weighted by Gasteiger charge is 2.43. The molecule has 0 spiro atoms. The lowest BCUT2D eigenvalue weighted by Crippen LogP contribution is -2.45. The molecule has 2 aliphatic rings. The monoisotopic (exact) mass is 428 g/mol. The van der Waals surface area contributed by atoms with E-state index in [1.165, 1.54) is 0 Å². The lowest BCUT2D eigenvalue weighted by atomic mass is 9.95. The first-order valence-corrected chi connectivity index (χ1v) is 10.5. The van der Waals surface area contributed by atoms with Gasteiger partial charge in [-0.1, -0.05) is 48.0 Å². The van der Waals surface area contributed by atoms with Gasteiger partial charge >= 0.3 is 0 Å². The molecule has 6 heteroatoms. The number of aryl methyl sites for hydroxylation is 1. The summed E-state index contributed by atoms with van der Waals surface area (Å²) < 4.78 is 17.0. The maximum Gasteiger partial charge on any atom is 0.251 e. The highest BCUT2D eigenvalue weighted by molar-refractivity contribution is 6.04. The predicted molar refractivity (Wildman–Crippen MR) is 122 cm³/mol. The minimum absolute atomic E-state index is 0.0811. The molecule has 0 bridgehead atoms. The van der Waals surface area contributed by atoms with Gasteiger partial charge in [0.25, 0.3) is 6.23 Å². The molecule has 2 atom stereocenters. The molecule has 162 valence electrons. The lowest BCUT2D eigenvalue weighted by molar-refractivity contribution is -0.00455. The molecule has 0 radical (unpaired) electrons. The summed E-state index contributed by atoms with van der Waals surface area (Å²) in [6.45, 7) is 2.00. The van der Waals surface area contributed by atoms with Gasteiger partial charge in [-0.2, -0.15) is 5.10 Å². The second-order valence-electron chi connectivity index (χ2n) is 7.95. The van der Waals surface area contributed by atoms with E-state index in [1.807, 2.05) is 73.7 Å². The van der Waals surface area contributed by atoms with Crippen LogP contribution in [0.5, 0.6) is 17.2 Å². The molecule has 6 nitrogen and oxygen atoms in total. The average molecular weight is 428 g/mol. The summed E-state index contributed by atoms with van der Waals surface area (Å²) in [4.78, 5) is 13.4. The Hall–Kier alpha value is -3.80. The SMILES string of the molecule is COc1ccc(C2=NN3[C@H](C(=O)c4ccc(C)cc4)Oc4ccccc4[C@@H]3C2)cc1OC. The summed E-state index contributed by atoms with van der Waals surface area (Å²) >= 11 is 0. The third-order valence-corrected chi connectivity index (χ3v) is 5.98. The van der Waals surface area contributed by atoms with Crippen molar-refractivity contribution in [2.75, 3.05) is 14.2 Å². The lowest BCUT2D eigenvalue weighted by Gasteiger charge is -2.37. The molecule has 3 aromatic carbocycles. The molecule has 0 saturated carbocycles. The molecule has 0 aliphatic carbocycles. The van der Waals surface area contributed by atoms with Gasteiger partial charge in [0.1, 0.15) is 5.75 Å². The van der Waals surface area contributed by atoms with Crippen LogP contribution in [0.25, 0.3) is 0 Å². The van der Waals surface area contributed by atoms with E-state index in [-0.39, 0.29) is 11.8 Å². The van der Waals surface area contributed by atoms with Crippen molar-refractivity contribution in [3.05, 3.63) is 89.0 Å². The highest BCUT2D eigenvalue weighted by Crippen LogP contribution is 2.44. The Labute approximate surface area is 187 Å². The van der Waals surface area contributed by atoms with E-state index >= 15 is 0 Å². The summed E-state index contributed by atoms with van der Waals surface area (Å²) in [6.07, 6.45) is -0.164. The smallest absolute Gasteiger partial charge is 0.251 e. The molecule has 3 aromatic rings. The number of methoxy groups -OCH3 is 2. The summed E-state index contributed by atoms with van der Waals surface area (Å²) in [5, 5.41) is 6.67. The third-order valence-electron chi connectivity index (χ3n) is 5.98. The number of ether oxygens (including phenoxy) is 3. The second-order valence-corrected chi connectivity index (χ2v) is 7.95. The van der Waals surface area contributed by atoms with Crippen molar-refractivity contribution in [2.45, 2.75) is 25.6 Å². The first-order chi connectivity index (χ1) is 15.6. The Bertz CT molecular complexity index is 1200. The number of ketones is 1. The molecule has 32 heavy (non-hydrogen) atoms. The van der Waals surface area contributed by atoms with Gasteiger partial charge in [-0.15, -0.1) is 0 Å². The predicted octanol–water partition coefficient (Wildman–Crippen LogP) is 4.76. The fourth-order valence-corrected chi connectivity index (χ4v) is 4.26. The standard InChI is InChI=1S/C26H24N2O4/c1-16-8-10-17(11-9-16)25(29)26-28-21(19-6-4-5-7-22(19)32-26)15-20(27-28)18-12-13-23(30-2)24(14-18)31-3/h4-14,21,26H,15H2,1-3H3/t21-,26-/m0/s1. The van der Waals surface area contributed by atoms with Crippen molar-refractivity contribution in [3.63, 3.8) is 0 Å². The first-order valence-electron chi connectivity index (χ1n) is 10.5. The molecule has 0 amide bonds. The number of Topliss-reactive ketones (excluding diaryl/α,β-unsaturated/α-hetero) is 1. The Morgan fingerprint density at radius 3 is 2.50 bits per heavy atom. The van der Waals surface area contributed by atoms with Crippen LogP contribution in [0.4, 0.5) is 0 Å². The Kier molecular flexibility index (Phi) is 5.05. The van der Waals surface area contributed by atoms with Crippen LogP contribution in [0, 0.1) is 6.92 Å². The zero-order valence-corrected chi connectivity index (χ0v) is 18.2. The molecule has 0 saturated heterocycles. The van der Waals surface area contributed by atoms with E-state index in [4.69, 9.17) is 19.3 Å². The fraction of sp³-hybridized carbons (Fsp3) is 0.231. The Balaban J connectivity index is 1.55. The number of benzene rings is 3. The molecule has 0 fully saturated rings. The van der Waals surface area contributed by atoms with Crippen molar-refractivity contribution in [2.24, 2.45) is 5.10 Å². The van der Waals surface area contributed by atoms with Crippen LogP contribution < -0.4 is 14.2 Å². The topological polar surface area (TPSA) is 60.4 Å². The minimum Gasteiger partial charge on any atom is -0.493 e. The van der Waals surface area contributed by atoms with Gasteiger partial charge in [0, 0.05) is 23.1 Å². The van der Waals surface area contributed by atoms with Crippen LogP contribution in [0.3, 0.4) is 0 Å². The third kappa shape index (κ3) is 3.38. The van der Waals surface area contributed by atoms with Gasteiger partial charge in [-0.05, 0) is 31.2 Å². The zero-order valence-electron chi connectivity index (χ0n) is 18.2. The Morgan fingerprint density at radius 2 is 1.75 bits per heavy atom. The van der Waals surface area contributed by atoms with Crippen LogP contribution in [-0.4, -0.2) is 37.0 Å². The number of hydrogen-bond acceptors (Lipinski definition) is 6. The van der Waals surface area contributed by atoms with Gasteiger partial charge in [0.05, 0.1) is 26.0 Å². The number of fused-ring (bicyclic) bond motifs is 3. The number of rotatable bonds is 5. The van der Waals surface area contributed by atoms with Gasteiger partial charge in [0.15, 0.2) is 11.5 Å². The molecular formula is C26H24N2O4. The van der Waals surface area contributed by atoms with Crippen LogP contribution in [0.15, 0.2) is 71.8 Å². The number of nitrogens with zero attached hydrogens (tertiary/aromatic N) is 2. The average Bonchev–Trinajstić information content (AvgIpc) is 3.29. The molecule has 5 rings (SSSR count). The number of carbonyl (C=O) groups excluding carboxylic acids is 1. The highest BCUT2D eigenvalue weighted by atomic mass is 16.5. The molecular weight excluding hydrogens is 404 g/mol. The van der Waals surface area contributed by atoms with Crippen LogP contribution in [0.2, 0.25) is 0 Å². The maximum absolute atomic E-state index is 13.4. The van der Waals surface area contributed by atoms with Gasteiger partial charge in [-0.25, -0.2) is 5.01 Å². The van der Waals surface area contributed by atoms with Crippen LogP contribution in [0.1, 0.15) is 39.5 Å². The van der Waals surface area contributed by atoms with E-state index in [9.17, 15) is 4.79 Å². The van der Waals surface area contributed by atoms with Gasteiger partial charge < -0.3 is 14.2 Å². The van der Waals surface area contributed by atoms with Gasteiger partial charge in [0.2, 0.25) is 5.78 Å². The van der Waals surface area contributed by atoms with Crippen LogP contribution >= 0.6 is 0 Å². The minimum atomic E-state index is -0.824. The molecule has 2 heterocycles. The largest absolute Gasteiger partial charge is 0.493 e. The summed E-state index contributed by atoms with van der Waals surface area (Å²) in [5.41, 5.74) is 4.53. The number of carbonyl (C=O) groups is 1. The van der Waals surface area contributed by atoms with E-state index in [0.717, 1.165) is 28.2 Å². The number of para-hydroxylation sites is 1. The normalized spacial score (nSPS) is 18.8.